The fourth-order valence-corrected chi connectivity index (χ4v) is 2.71. The van der Waals surface area contributed by atoms with E-state index in [1.54, 1.807) is 29.2 Å². The predicted molar refractivity (Wildman–Crippen MR) is 92.1 cm³/mol. The standard InChI is InChI=1S/C18H16F3N3O2/c19-18(20,21)12-3-1-4-14(11-12)23-17(26)22-13-6-8-15(9-7-13)24-10-2-5-16(24)25/h1,3-4,6-9,11H,2,5,10H2,(H2,22,23,26). The number of urea groups is 1. The smallest absolute Gasteiger partial charge is 0.312 e. The van der Waals surface area contributed by atoms with Crippen molar-refractivity contribution in [1.29, 1.82) is 0 Å². The molecule has 3 amide bonds. The van der Waals surface area contributed by atoms with Crippen LogP contribution in [0, 0.1) is 0 Å². The first-order chi connectivity index (χ1) is 12.3. The molecule has 26 heavy (non-hydrogen) atoms. The number of carbonyl (C=O) groups is 2. The maximum absolute atomic E-state index is 12.7. The van der Waals surface area contributed by atoms with Crippen molar-refractivity contribution in [1.82, 2.24) is 0 Å². The summed E-state index contributed by atoms with van der Waals surface area (Å²) in [6.45, 7) is 0.668. The Morgan fingerprint density at radius 3 is 2.31 bits per heavy atom. The maximum atomic E-state index is 12.7. The Morgan fingerprint density at radius 1 is 1.00 bits per heavy atom. The third-order valence-corrected chi connectivity index (χ3v) is 3.96. The molecule has 3 rings (SSSR count). The highest BCUT2D eigenvalue weighted by atomic mass is 19.4. The summed E-state index contributed by atoms with van der Waals surface area (Å²) in [5.74, 6) is 0.0630. The van der Waals surface area contributed by atoms with Crippen molar-refractivity contribution in [2.24, 2.45) is 0 Å². The van der Waals surface area contributed by atoms with Gasteiger partial charge in [-0.25, -0.2) is 4.79 Å². The van der Waals surface area contributed by atoms with Gasteiger partial charge in [-0.3, -0.25) is 4.79 Å². The van der Waals surface area contributed by atoms with Crippen LogP contribution in [-0.2, 0) is 11.0 Å². The van der Waals surface area contributed by atoms with Gasteiger partial charge in [0.1, 0.15) is 0 Å². The second-order valence-electron chi connectivity index (χ2n) is 5.85. The minimum atomic E-state index is -4.48. The van der Waals surface area contributed by atoms with Crippen molar-refractivity contribution in [3.05, 3.63) is 54.1 Å². The Labute approximate surface area is 147 Å². The van der Waals surface area contributed by atoms with Crippen molar-refractivity contribution < 1.29 is 22.8 Å². The zero-order valence-corrected chi connectivity index (χ0v) is 13.6. The number of nitrogens with zero attached hydrogens (tertiary/aromatic N) is 1. The second kappa shape index (κ2) is 7.07. The van der Waals surface area contributed by atoms with E-state index >= 15 is 0 Å². The highest BCUT2D eigenvalue weighted by Crippen LogP contribution is 2.30. The van der Waals surface area contributed by atoms with Crippen molar-refractivity contribution in [2.75, 3.05) is 22.1 Å². The van der Waals surface area contributed by atoms with Crippen LogP contribution in [-0.4, -0.2) is 18.5 Å². The van der Waals surface area contributed by atoms with E-state index < -0.39 is 17.8 Å². The van der Waals surface area contributed by atoms with E-state index in [4.69, 9.17) is 0 Å². The molecular weight excluding hydrogens is 347 g/mol. The van der Waals surface area contributed by atoms with Gasteiger partial charge in [-0.2, -0.15) is 13.2 Å². The zero-order valence-electron chi connectivity index (χ0n) is 13.6. The van der Waals surface area contributed by atoms with E-state index in [9.17, 15) is 22.8 Å². The summed E-state index contributed by atoms with van der Waals surface area (Å²) in [6.07, 6.45) is -3.13. The molecule has 0 unspecified atom stereocenters. The van der Waals surface area contributed by atoms with Crippen LogP contribution in [0.15, 0.2) is 48.5 Å². The fraction of sp³-hybridized carbons (Fsp3) is 0.222. The summed E-state index contributed by atoms with van der Waals surface area (Å²) in [4.78, 5) is 25.3. The lowest BCUT2D eigenvalue weighted by molar-refractivity contribution is -0.137. The number of hydrogen-bond donors (Lipinski definition) is 2. The number of alkyl halides is 3. The van der Waals surface area contributed by atoms with E-state index in [1.807, 2.05) is 0 Å². The molecular formula is C18H16F3N3O2. The first kappa shape index (κ1) is 17.8. The molecule has 0 atom stereocenters. The molecule has 1 fully saturated rings. The van der Waals surface area contributed by atoms with E-state index in [0.717, 1.165) is 24.2 Å². The molecule has 1 aliphatic rings. The molecule has 2 N–H and O–H groups in total. The van der Waals surface area contributed by atoms with Crippen molar-refractivity contribution >= 4 is 29.0 Å². The molecule has 0 radical (unpaired) electrons. The molecule has 5 nitrogen and oxygen atoms in total. The third kappa shape index (κ3) is 4.14. The SMILES string of the molecule is O=C(Nc1ccc(N2CCCC2=O)cc1)Nc1cccc(C(F)(F)F)c1. The van der Waals surface area contributed by atoms with Gasteiger partial charge < -0.3 is 15.5 Å². The minimum absolute atomic E-state index is 0.0385. The number of rotatable bonds is 3. The third-order valence-electron chi connectivity index (χ3n) is 3.96. The number of hydrogen-bond acceptors (Lipinski definition) is 2. The zero-order chi connectivity index (χ0) is 18.7. The van der Waals surface area contributed by atoms with E-state index in [-0.39, 0.29) is 11.6 Å². The number of amides is 3. The van der Waals surface area contributed by atoms with Crippen molar-refractivity contribution in [3.8, 4) is 0 Å². The van der Waals surface area contributed by atoms with Gasteiger partial charge in [0.2, 0.25) is 5.91 Å². The Bertz CT molecular complexity index is 819. The summed E-state index contributed by atoms with van der Waals surface area (Å²) in [6, 6.07) is 10.4. The van der Waals surface area contributed by atoms with Gasteiger partial charge >= 0.3 is 12.2 Å². The molecule has 1 saturated heterocycles. The van der Waals surface area contributed by atoms with Gasteiger partial charge in [0.25, 0.3) is 0 Å². The van der Waals surface area contributed by atoms with Crippen LogP contribution in [0.5, 0.6) is 0 Å². The number of carbonyl (C=O) groups excluding carboxylic acids is 2. The van der Waals surface area contributed by atoms with Gasteiger partial charge in [0.15, 0.2) is 0 Å². The molecule has 0 aromatic heterocycles. The first-order valence-corrected chi connectivity index (χ1v) is 7.98. The summed E-state index contributed by atoms with van der Waals surface area (Å²) in [5.41, 5.74) is 0.410. The van der Waals surface area contributed by atoms with Crippen LogP contribution < -0.4 is 15.5 Å². The highest BCUT2D eigenvalue weighted by Gasteiger charge is 2.30. The van der Waals surface area contributed by atoms with Crippen LogP contribution in [0.2, 0.25) is 0 Å². The quantitative estimate of drug-likeness (QED) is 0.845. The highest BCUT2D eigenvalue weighted by molar-refractivity contribution is 6.00. The molecule has 8 heteroatoms. The monoisotopic (exact) mass is 363 g/mol. The summed E-state index contributed by atoms with van der Waals surface area (Å²) >= 11 is 0. The maximum Gasteiger partial charge on any atom is 0.416 e. The normalized spacial score (nSPS) is 14.4. The van der Waals surface area contributed by atoms with Crippen LogP contribution in [0.4, 0.5) is 35.0 Å². The Balaban J connectivity index is 1.62. The number of halogens is 3. The molecule has 0 bridgehead atoms. The summed E-state index contributed by atoms with van der Waals surface area (Å²) in [5, 5.41) is 4.91. The molecule has 0 saturated carbocycles. The van der Waals surface area contributed by atoms with E-state index in [2.05, 4.69) is 10.6 Å². The Morgan fingerprint density at radius 2 is 1.69 bits per heavy atom. The van der Waals surface area contributed by atoms with Crippen molar-refractivity contribution in [3.63, 3.8) is 0 Å². The molecule has 0 spiro atoms. The molecule has 2 aromatic carbocycles. The lowest BCUT2D eigenvalue weighted by Gasteiger charge is -2.16. The van der Waals surface area contributed by atoms with Gasteiger partial charge in [-0.1, -0.05) is 6.07 Å². The lowest BCUT2D eigenvalue weighted by Crippen LogP contribution is -2.23. The average molecular weight is 363 g/mol. The van der Waals surface area contributed by atoms with Crippen LogP contribution in [0.1, 0.15) is 18.4 Å². The number of anilines is 3. The largest absolute Gasteiger partial charge is 0.416 e. The van der Waals surface area contributed by atoms with Gasteiger partial charge in [-0.15, -0.1) is 0 Å². The minimum Gasteiger partial charge on any atom is -0.312 e. The van der Waals surface area contributed by atoms with Crippen LogP contribution in [0.3, 0.4) is 0 Å². The van der Waals surface area contributed by atoms with Crippen LogP contribution >= 0.6 is 0 Å². The van der Waals surface area contributed by atoms with Gasteiger partial charge in [0, 0.05) is 30.0 Å². The first-order valence-electron chi connectivity index (χ1n) is 7.98. The Hall–Kier alpha value is -3.03. The van der Waals surface area contributed by atoms with E-state index in [0.29, 0.717) is 18.7 Å². The topological polar surface area (TPSA) is 61.4 Å². The van der Waals surface area contributed by atoms with E-state index in [1.165, 1.54) is 12.1 Å². The summed E-state index contributed by atoms with van der Waals surface area (Å²) in [7, 11) is 0. The average Bonchev–Trinajstić information content (AvgIpc) is 3.01. The Kier molecular flexibility index (Phi) is 4.83. The lowest BCUT2D eigenvalue weighted by atomic mass is 10.2. The number of benzene rings is 2. The van der Waals surface area contributed by atoms with Crippen molar-refractivity contribution in [2.45, 2.75) is 19.0 Å². The molecule has 136 valence electrons. The molecule has 1 aliphatic heterocycles. The van der Waals surface area contributed by atoms with Gasteiger partial charge in [0.05, 0.1) is 5.56 Å². The van der Waals surface area contributed by atoms with Crippen LogP contribution in [0.25, 0.3) is 0 Å². The second-order valence-corrected chi connectivity index (χ2v) is 5.85. The number of nitrogens with one attached hydrogen (secondary N) is 2. The molecule has 0 aliphatic carbocycles. The summed E-state index contributed by atoms with van der Waals surface area (Å²) < 4.78 is 38.1. The predicted octanol–water partition coefficient (Wildman–Crippen LogP) is 4.48. The molecule has 1 heterocycles. The molecule has 2 aromatic rings. The van der Waals surface area contributed by atoms with Gasteiger partial charge in [-0.05, 0) is 48.9 Å². The fourth-order valence-electron chi connectivity index (χ4n) is 2.71.